The van der Waals surface area contributed by atoms with E-state index >= 15 is 0 Å². The van der Waals surface area contributed by atoms with Gasteiger partial charge in [-0.15, -0.1) is 0 Å². The Bertz CT molecular complexity index is 478. The van der Waals surface area contributed by atoms with Crippen LogP contribution in [-0.2, 0) is 4.74 Å². The van der Waals surface area contributed by atoms with Crippen LogP contribution in [-0.4, -0.2) is 32.5 Å². The number of amides is 1. The summed E-state index contributed by atoms with van der Waals surface area (Å²) in [7, 11) is 1.63. The van der Waals surface area contributed by atoms with Crippen LogP contribution in [0.3, 0.4) is 0 Å². The molecule has 1 heterocycles. The van der Waals surface area contributed by atoms with Gasteiger partial charge in [-0.2, -0.15) is 0 Å². The van der Waals surface area contributed by atoms with Crippen molar-refractivity contribution in [3.8, 4) is 11.5 Å². The van der Waals surface area contributed by atoms with Crippen LogP contribution in [0.25, 0.3) is 0 Å². The van der Waals surface area contributed by atoms with Crippen LogP contribution in [0.5, 0.6) is 11.5 Å². The number of methoxy groups -OCH3 is 1. The summed E-state index contributed by atoms with van der Waals surface area (Å²) in [6.07, 6.45) is 0.751. The Kier molecular flexibility index (Phi) is 4.50. The molecule has 0 unspecified atom stereocenters. The van der Waals surface area contributed by atoms with Gasteiger partial charge >= 0.3 is 0 Å². The fourth-order valence-electron chi connectivity index (χ4n) is 1.77. The Balaban J connectivity index is 2.05. The highest BCUT2D eigenvalue weighted by atomic mass is 35.5. The molecule has 2 rings (SSSR count). The van der Waals surface area contributed by atoms with Crippen molar-refractivity contribution in [1.82, 2.24) is 5.32 Å². The van der Waals surface area contributed by atoms with Crippen molar-refractivity contribution < 1.29 is 19.0 Å². The molecule has 0 saturated heterocycles. The van der Waals surface area contributed by atoms with Crippen LogP contribution in [0.1, 0.15) is 23.7 Å². The summed E-state index contributed by atoms with van der Waals surface area (Å²) in [4.78, 5) is 12.1. The Labute approximate surface area is 116 Å². The second kappa shape index (κ2) is 6.12. The molecule has 0 bridgehead atoms. The maximum absolute atomic E-state index is 12.1. The second-order valence-electron chi connectivity index (χ2n) is 4.35. The van der Waals surface area contributed by atoms with Gasteiger partial charge in [-0.05, 0) is 25.5 Å². The zero-order chi connectivity index (χ0) is 13.8. The maximum Gasteiger partial charge on any atom is 0.251 e. The normalized spacial score (nSPS) is 14.3. The van der Waals surface area contributed by atoms with Crippen LogP contribution in [0.15, 0.2) is 12.1 Å². The number of fused-ring (bicyclic) bond motifs is 1. The van der Waals surface area contributed by atoms with Gasteiger partial charge in [0.25, 0.3) is 5.91 Å². The highest BCUT2D eigenvalue weighted by Gasteiger charge is 2.21. The van der Waals surface area contributed by atoms with E-state index in [1.165, 1.54) is 0 Å². The summed E-state index contributed by atoms with van der Waals surface area (Å²) in [6.45, 7) is 2.65. The van der Waals surface area contributed by atoms with Gasteiger partial charge in [-0.3, -0.25) is 4.79 Å². The van der Waals surface area contributed by atoms with Crippen molar-refractivity contribution in [2.24, 2.45) is 0 Å². The van der Waals surface area contributed by atoms with Crippen LogP contribution in [0, 0.1) is 0 Å². The minimum absolute atomic E-state index is 0.0247. The van der Waals surface area contributed by atoms with E-state index in [0.717, 1.165) is 6.42 Å². The van der Waals surface area contributed by atoms with E-state index in [9.17, 15) is 4.79 Å². The van der Waals surface area contributed by atoms with E-state index in [2.05, 4.69) is 5.32 Å². The van der Waals surface area contributed by atoms with Crippen molar-refractivity contribution in [2.75, 3.05) is 20.5 Å². The lowest BCUT2D eigenvalue weighted by atomic mass is 10.1. The van der Waals surface area contributed by atoms with E-state index in [4.69, 9.17) is 25.8 Å². The second-order valence-corrected chi connectivity index (χ2v) is 4.76. The summed E-state index contributed by atoms with van der Waals surface area (Å²) in [5.74, 6) is 0.802. The zero-order valence-corrected chi connectivity index (χ0v) is 11.6. The molecule has 1 aromatic rings. The molecule has 1 amide bonds. The minimum atomic E-state index is -0.191. The van der Waals surface area contributed by atoms with Crippen LogP contribution >= 0.6 is 11.6 Å². The Morgan fingerprint density at radius 2 is 2.32 bits per heavy atom. The van der Waals surface area contributed by atoms with Crippen LogP contribution in [0.2, 0.25) is 5.02 Å². The van der Waals surface area contributed by atoms with Crippen molar-refractivity contribution in [1.29, 1.82) is 0 Å². The summed E-state index contributed by atoms with van der Waals surface area (Å²) in [5, 5.41) is 3.25. The predicted octanol–water partition coefficient (Wildman–Crippen LogP) is 2.22. The van der Waals surface area contributed by atoms with E-state index in [1.807, 2.05) is 6.92 Å². The lowest BCUT2D eigenvalue weighted by Gasteiger charge is -2.13. The van der Waals surface area contributed by atoms with Crippen LogP contribution in [0.4, 0.5) is 0 Å². The third-order valence-corrected chi connectivity index (χ3v) is 3.10. The molecule has 0 saturated carbocycles. The largest absolute Gasteiger partial charge is 0.454 e. The number of halogens is 1. The number of carbonyl (C=O) groups is 1. The van der Waals surface area contributed by atoms with Crippen LogP contribution < -0.4 is 14.8 Å². The molecule has 1 aliphatic rings. The topological polar surface area (TPSA) is 56.8 Å². The van der Waals surface area contributed by atoms with Gasteiger partial charge in [-0.1, -0.05) is 11.6 Å². The first kappa shape index (κ1) is 14.0. The van der Waals surface area contributed by atoms with Gasteiger partial charge in [0, 0.05) is 25.3 Å². The predicted molar refractivity (Wildman–Crippen MR) is 71.0 cm³/mol. The Morgan fingerprint density at radius 3 is 3.05 bits per heavy atom. The highest BCUT2D eigenvalue weighted by Crippen LogP contribution is 2.39. The molecule has 1 atom stereocenters. The van der Waals surface area contributed by atoms with Gasteiger partial charge in [0.1, 0.15) is 0 Å². The first-order valence-corrected chi connectivity index (χ1v) is 6.38. The van der Waals surface area contributed by atoms with Crippen molar-refractivity contribution in [3.63, 3.8) is 0 Å². The maximum atomic E-state index is 12.1. The first-order chi connectivity index (χ1) is 9.11. The number of benzene rings is 1. The molecule has 1 aromatic carbocycles. The number of carbonyl (C=O) groups excluding carboxylic acids is 1. The molecule has 6 heteroatoms. The lowest BCUT2D eigenvalue weighted by Crippen LogP contribution is -2.33. The van der Waals surface area contributed by atoms with E-state index in [0.29, 0.717) is 28.7 Å². The molecule has 1 aliphatic heterocycles. The molecule has 0 radical (unpaired) electrons. The number of ether oxygens (including phenoxy) is 3. The van der Waals surface area contributed by atoms with Gasteiger partial charge in [0.05, 0.1) is 5.02 Å². The van der Waals surface area contributed by atoms with Gasteiger partial charge in [0.15, 0.2) is 11.5 Å². The van der Waals surface area contributed by atoms with Crippen molar-refractivity contribution >= 4 is 17.5 Å². The Hall–Kier alpha value is -1.46. The molecule has 0 fully saturated rings. The average Bonchev–Trinajstić information content (AvgIpc) is 2.85. The molecule has 1 N–H and O–H groups in total. The zero-order valence-electron chi connectivity index (χ0n) is 10.9. The van der Waals surface area contributed by atoms with Crippen molar-refractivity contribution in [3.05, 3.63) is 22.7 Å². The summed E-state index contributed by atoms with van der Waals surface area (Å²) in [6, 6.07) is 3.23. The SMILES string of the molecule is COCC[C@@H](C)NC(=O)c1cc(Cl)c2c(c1)OCO2. The number of hydrogen-bond acceptors (Lipinski definition) is 4. The number of nitrogens with one attached hydrogen (secondary N) is 1. The van der Waals surface area contributed by atoms with Gasteiger partial charge in [0.2, 0.25) is 6.79 Å². The molecule has 19 heavy (non-hydrogen) atoms. The molecule has 0 aromatic heterocycles. The molecule has 5 nitrogen and oxygen atoms in total. The van der Waals surface area contributed by atoms with E-state index < -0.39 is 0 Å². The summed E-state index contributed by atoms with van der Waals surface area (Å²) >= 11 is 6.03. The average molecular weight is 286 g/mol. The number of rotatable bonds is 5. The Morgan fingerprint density at radius 1 is 1.53 bits per heavy atom. The molecular weight excluding hydrogens is 270 g/mol. The first-order valence-electron chi connectivity index (χ1n) is 6.00. The summed E-state index contributed by atoms with van der Waals surface area (Å²) < 4.78 is 15.4. The smallest absolute Gasteiger partial charge is 0.251 e. The van der Waals surface area contributed by atoms with Crippen molar-refractivity contribution in [2.45, 2.75) is 19.4 Å². The minimum Gasteiger partial charge on any atom is -0.454 e. The fourth-order valence-corrected chi connectivity index (χ4v) is 2.04. The third kappa shape index (κ3) is 3.30. The fraction of sp³-hybridized carbons (Fsp3) is 0.462. The van der Waals surface area contributed by atoms with E-state index in [-0.39, 0.29) is 18.7 Å². The van der Waals surface area contributed by atoms with E-state index in [1.54, 1.807) is 19.2 Å². The molecular formula is C13H16ClNO4. The lowest BCUT2D eigenvalue weighted by molar-refractivity contribution is 0.0929. The highest BCUT2D eigenvalue weighted by molar-refractivity contribution is 6.32. The molecule has 0 spiro atoms. The molecule has 0 aliphatic carbocycles. The third-order valence-electron chi connectivity index (χ3n) is 2.82. The summed E-state index contributed by atoms with van der Waals surface area (Å²) in [5.41, 5.74) is 0.457. The monoisotopic (exact) mass is 285 g/mol. The molecule has 104 valence electrons. The quantitative estimate of drug-likeness (QED) is 0.901. The number of hydrogen-bond donors (Lipinski definition) is 1. The standard InChI is InChI=1S/C13H16ClNO4/c1-8(3-4-17-2)15-13(16)9-5-10(14)12-11(6-9)18-7-19-12/h5-6,8H,3-4,7H2,1-2H3,(H,15,16)/t8-/m1/s1. The van der Waals surface area contributed by atoms with Gasteiger partial charge < -0.3 is 19.5 Å². The van der Waals surface area contributed by atoms with Gasteiger partial charge in [-0.25, -0.2) is 0 Å².